The Balaban J connectivity index is 1.48. The van der Waals surface area contributed by atoms with Crippen molar-refractivity contribution in [3.63, 3.8) is 0 Å². The fourth-order valence-corrected chi connectivity index (χ4v) is 4.30. The number of rotatable bonds is 9. The molecule has 0 saturated carbocycles. The maximum Gasteiger partial charge on any atom is 0.237 e. The van der Waals surface area contributed by atoms with E-state index in [4.69, 9.17) is 14.2 Å². The summed E-state index contributed by atoms with van der Waals surface area (Å²) in [6, 6.07) is 13.2. The molecular weight excluding hydrogens is 440 g/mol. The Labute approximate surface area is 197 Å². The van der Waals surface area contributed by atoms with Crippen LogP contribution in [0.1, 0.15) is 26.7 Å². The third kappa shape index (κ3) is 5.42. The number of amides is 1. The fourth-order valence-electron chi connectivity index (χ4n) is 3.42. The minimum absolute atomic E-state index is 0.118. The molecule has 1 unspecified atom stereocenters. The summed E-state index contributed by atoms with van der Waals surface area (Å²) in [5.41, 5.74) is 1.63. The number of carbonyl (C=O) groups excluding carboxylic acids is 1. The molecule has 1 N–H and O–H groups in total. The van der Waals surface area contributed by atoms with Crippen LogP contribution in [-0.2, 0) is 11.3 Å². The minimum Gasteiger partial charge on any atom is -0.497 e. The molecule has 1 aliphatic rings. The Kier molecular flexibility index (Phi) is 7.39. The summed E-state index contributed by atoms with van der Waals surface area (Å²) >= 11 is 1.40. The number of carbonyl (C=O) groups is 1. The number of methoxy groups -OCH3 is 1. The Morgan fingerprint density at radius 1 is 1.15 bits per heavy atom. The molecule has 0 aliphatic carbocycles. The van der Waals surface area contributed by atoms with Gasteiger partial charge in [0.1, 0.15) is 19.0 Å². The van der Waals surface area contributed by atoms with Crippen molar-refractivity contribution in [2.24, 2.45) is 0 Å². The molecule has 0 radical (unpaired) electrons. The molecule has 1 aliphatic heterocycles. The molecule has 1 aromatic heterocycles. The van der Waals surface area contributed by atoms with Crippen LogP contribution in [-0.4, -0.2) is 46.2 Å². The Morgan fingerprint density at radius 2 is 1.91 bits per heavy atom. The number of aromatic nitrogens is 3. The fraction of sp³-hybridized carbons (Fsp3) is 0.375. The van der Waals surface area contributed by atoms with Gasteiger partial charge in [-0.2, -0.15) is 0 Å². The summed E-state index contributed by atoms with van der Waals surface area (Å²) in [5.74, 6) is 2.79. The van der Waals surface area contributed by atoms with Crippen LogP contribution in [0.2, 0.25) is 0 Å². The van der Waals surface area contributed by atoms with Gasteiger partial charge in [0.2, 0.25) is 5.91 Å². The van der Waals surface area contributed by atoms with Crippen molar-refractivity contribution in [2.75, 3.05) is 25.6 Å². The van der Waals surface area contributed by atoms with E-state index in [0.29, 0.717) is 30.4 Å². The predicted molar refractivity (Wildman–Crippen MR) is 128 cm³/mol. The highest BCUT2D eigenvalue weighted by molar-refractivity contribution is 8.00. The zero-order chi connectivity index (χ0) is 23.2. The number of unbranched alkanes of at least 4 members (excludes halogenated alkanes) is 1. The van der Waals surface area contributed by atoms with Crippen molar-refractivity contribution >= 4 is 23.4 Å². The molecule has 0 saturated heterocycles. The Hall–Kier alpha value is -3.20. The standard InChI is InChI=1S/C24H28N4O4S/c1-4-5-12-28-22(17-6-9-19(30-3)10-7-17)26-27-24(28)33-16(2)23(29)25-18-8-11-20-21(15-18)32-14-13-31-20/h6-11,15-16H,4-5,12-14H2,1-3H3,(H,25,29). The molecule has 4 rings (SSSR count). The van der Waals surface area contributed by atoms with E-state index in [1.807, 2.05) is 43.3 Å². The first kappa shape index (κ1) is 23.0. The van der Waals surface area contributed by atoms with Crippen LogP contribution in [0.5, 0.6) is 17.2 Å². The van der Waals surface area contributed by atoms with Gasteiger partial charge in [0.05, 0.1) is 12.4 Å². The maximum atomic E-state index is 12.9. The number of benzene rings is 2. The highest BCUT2D eigenvalue weighted by Crippen LogP contribution is 2.33. The first-order chi connectivity index (χ1) is 16.1. The van der Waals surface area contributed by atoms with Gasteiger partial charge in [-0.25, -0.2) is 0 Å². The molecule has 2 heterocycles. The van der Waals surface area contributed by atoms with Crippen molar-refractivity contribution in [3.05, 3.63) is 42.5 Å². The van der Waals surface area contributed by atoms with Gasteiger partial charge in [-0.05, 0) is 49.7 Å². The van der Waals surface area contributed by atoms with E-state index < -0.39 is 0 Å². The summed E-state index contributed by atoms with van der Waals surface area (Å²) in [7, 11) is 1.64. The molecule has 2 aromatic carbocycles. The molecule has 1 atom stereocenters. The van der Waals surface area contributed by atoms with Crippen LogP contribution in [0.3, 0.4) is 0 Å². The smallest absolute Gasteiger partial charge is 0.237 e. The van der Waals surface area contributed by atoms with Crippen molar-refractivity contribution in [1.82, 2.24) is 14.8 Å². The maximum absolute atomic E-state index is 12.9. The average Bonchev–Trinajstić information content (AvgIpc) is 3.24. The van der Waals surface area contributed by atoms with E-state index in [1.165, 1.54) is 11.8 Å². The Bertz CT molecular complexity index is 1100. The summed E-state index contributed by atoms with van der Waals surface area (Å²) in [5, 5.41) is 12.1. The SMILES string of the molecule is CCCCn1c(SC(C)C(=O)Nc2ccc3c(c2)OCCO3)nnc1-c1ccc(OC)cc1. The van der Waals surface area contributed by atoms with Gasteiger partial charge in [-0.3, -0.25) is 4.79 Å². The normalized spacial score (nSPS) is 13.4. The van der Waals surface area contributed by atoms with Crippen LogP contribution >= 0.6 is 11.8 Å². The highest BCUT2D eigenvalue weighted by atomic mass is 32.2. The zero-order valence-electron chi connectivity index (χ0n) is 19.0. The number of nitrogens with one attached hydrogen (secondary N) is 1. The van der Waals surface area contributed by atoms with Crippen LogP contribution < -0.4 is 19.5 Å². The predicted octanol–water partition coefficient (Wildman–Crippen LogP) is 4.64. The molecule has 8 nitrogen and oxygen atoms in total. The van der Waals surface area contributed by atoms with Gasteiger partial charge in [0, 0.05) is 23.9 Å². The van der Waals surface area contributed by atoms with E-state index in [2.05, 4.69) is 27.0 Å². The monoisotopic (exact) mass is 468 g/mol. The lowest BCUT2D eigenvalue weighted by Crippen LogP contribution is -2.23. The molecule has 174 valence electrons. The van der Waals surface area contributed by atoms with Crippen LogP contribution in [0.4, 0.5) is 5.69 Å². The number of fused-ring (bicyclic) bond motifs is 1. The van der Waals surface area contributed by atoms with Gasteiger partial charge in [-0.1, -0.05) is 25.1 Å². The van der Waals surface area contributed by atoms with Gasteiger partial charge < -0.3 is 24.1 Å². The van der Waals surface area contributed by atoms with Gasteiger partial charge >= 0.3 is 0 Å². The van der Waals surface area contributed by atoms with E-state index >= 15 is 0 Å². The van der Waals surface area contributed by atoms with E-state index in [9.17, 15) is 4.79 Å². The molecular formula is C24H28N4O4S. The number of thioether (sulfide) groups is 1. The second kappa shape index (κ2) is 10.6. The molecule has 0 bridgehead atoms. The number of hydrogen-bond donors (Lipinski definition) is 1. The summed E-state index contributed by atoms with van der Waals surface area (Å²) in [6.45, 7) is 5.82. The summed E-state index contributed by atoms with van der Waals surface area (Å²) < 4.78 is 18.5. The number of ether oxygens (including phenoxy) is 3. The van der Waals surface area contributed by atoms with E-state index in [0.717, 1.165) is 41.7 Å². The zero-order valence-corrected chi connectivity index (χ0v) is 19.9. The first-order valence-electron chi connectivity index (χ1n) is 11.0. The largest absolute Gasteiger partial charge is 0.497 e. The molecule has 0 spiro atoms. The van der Waals surface area contributed by atoms with Crippen LogP contribution in [0.15, 0.2) is 47.6 Å². The van der Waals surface area contributed by atoms with Crippen LogP contribution in [0, 0.1) is 0 Å². The van der Waals surface area contributed by atoms with Crippen molar-refractivity contribution in [1.29, 1.82) is 0 Å². The van der Waals surface area contributed by atoms with Gasteiger partial charge in [-0.15, -0.1) is 10.2 Å². The highest BCUT2D eigenvalue weighted by Gasteiger charge is 2.22. The molecule has 3 aromatic rings. The minimum atomic E-state index is -0.369. The van der Waals surface area contributed by atoms with Crippen molar-refractivity contribution < 1.29 is 19.0 Å². The second-order valence-corrected chi connectivity index (χ2v) is 8.96. The third-order valence-electron chi connectivity index (χ3n) is 5.26. The quantitative estimate of drug-likeness (QED) is 0.458. The molecule has 9 heteroatoms. The van der Waals surface area contributed by atoms with Crippen molar-refractivity contribution in [3.8, 4) is 28.6 Å². The third-order valence-corrected chi connectivity index (χ3v) is 6.34. The van der Waals surface area contributed by atoms with Crippen LogP contribution in [0.25, 0.3) is 11.4 Å². The van der Waals surface area contributed by atoms with Gasteiger partial charge in [0.15, 0.2) is 22.5 Å². The lowest BCUT2D eigenvalue weighted by atomic mass is 10.2. The second-order valence-electron chi connectivity index (χ2n) is 7.65. The molecule has 33 heavy (non-hydrogen) atoms. The van der Waals surface area contributed by atoms with E-state index in [1.54, 1.807) is 13.2 Å². The number of nitrogens with zero attached hydrogens (tertiary/aromatic N) is 3. The number of hydrogen-bond acceptors (Lipinski definition) is 7. The summed E-state index contributed by atoms with van der Waals surface area (Å²) in [4.78, 5) is 12.9. The molecule has 1 amide bonds. The Morgan fingerprint density at radius 3 is 2.64 bits per heavy atom. The lowest BCUT2D eigenvalue weighted by Gasteiger charge is -2.19. The van der Waals surface area contributed by atoms with Gasteiger partial charge in [0.25, 0.3) is 0 Å². The number of anilines is 1. The topological polar surface area (TPSA) is 87.5 Å². The van der Waals surface area contributed by atoms with Crippen molar-refractivity contribution in [2.45, 2.75) is 43.6 Å². The lowest BCUT2D eigenvalue weighted by molar-refractivity contribution is -0.115. The van der Waals surface area contributed by atoms with E-state index in [-0.39, 0.29) is 11.2 Å². The first-order valence-corrected chi connectivity index (χ1v) is 11.9. The average molecular weight is 469 g/mol. The summed E-state index contributed by atoms with van der Waals surface area (Å²) in [6.07, 6.45) is 2.04. The molecule has 0 fully saturated rings.